The number of hydrogen-bond donors (Lipinski definition) is 2. The largest absolute Gasteiger partial charge is 0.463 e. The van der Waals surface area contributed by atoms with Crippen LogP contribution in [0.4, 0.5) is 0 Å². The van der Waals surface area contributed by atoms with Crippen LogP contribution in [0.2, 0.25) is 0 Å². The summed E-state index contributed by atoms with van der Waals surface area (Å²) in [6.45, 7) is 7.26. The molecular weight excluding hydrogens is 729 g/mol. The van der Waals surface area contributed by atoms with Gasteiger partial charge in [0.25, 0.3) is 5.91 Å². The molecule has 0 unspecified atom stereocenters. The van der Waals surface area contributed by atoms with Crippen LogP contribution in [0, 0.1) is 0 Å². The molecular formula is C44H86N4O9. The van der Waals surface area contributed by atoms with Crippen LogP contribution in [-0.4, -0.2) is 127 Å². The van der Waals surface area contributed by atoms with Gasteiger partial charge in [-0.05, 0) is 25.9 Å². The number of methoxy groups -OCH3 is 1. The third-order valence-electron chi connectivity index (χ3n) is 10.1. The van der Waals surface area contributed by atoms with Gasteiger partial charge in [0.05, 0.1) is 40.0 Å². The molecule has 0 heterocycles. The van der Waals surface area contributed by atoms with Crippen molar-refractivity contribution >= 4 is 23.7 Å². The average Bonchev–Trinajstić information content (AvgIpc) is 3.21. The molecule has 0 aromatic heterocycles. The SMILES string of the molecule is CCCCCCCCCCCCCCN(CCCCCCCCCCCCCC)CCOC(=O)CNC(=O)CNC(=O)CN(CCOCCOC)C(=O)COOC. The number of esters is 1. The molecule has 57 heavy (non-hydrogen) atoms. The smallest absolute Gasteiger partial charge is 0.325 e. The summed E-state index contributed by atoms with van der Waals surface area (Å²) >= 11 is 0. The van der Waals surface area contributed by atoms with E-state index >= 15 is 0 Å². The summed E-state index contributed by atoms with van der Waals surface area (Å²) in [5, 5.41) is 4.98. The fourth-order valence-corrected chi connectivity index (χ4v) is 6.58. The number of rotatable bonds is 44. The van der Waals surface area contributed by atoms with Crippen molar-refractivity contribution in [2.24, 2.45) is 0 Å². The zero-order valence-corrected chi connectivity index (χ0v) is 37.0. The predicted octanol–water partition coefficient (Wildman–Crippen LogP) is 7.54. The summed E-state index contributed by atoms with van der Waals surface area (Å²) in [5.41, 5.74) is 0. The van der Waals surface area contributed by atoms with Crippen LogP contribution in [0.1, 0.15) is 168 Å². The van der Waals surface area contributed by atoms with Crippen molar-refractivity contribution < 1.29 is 43.2 Å². The lowest BCUT2D eigenvalue weighted by molar-refractivity contribution is -0.269. The van der Waals surface area contributed by atoms with Crippen molar-refractivity contribution in [3.8, 4) is 0 Å². The van der Waals surface area contributed by atoms with E-state index in [1.807, 2.05) is 0 Å². The van der Waals surface area contributed by atoms with Gasteiger partial charge in [0, 0.05) is 20.2 Å². The van der Waals surface area contributed by atoms with Crippen molar-refractivity contribution in [1.29, 1.82) is 0 Å². The standard InChI is InChI=1S/C44H86N4O9/c1-5-7-9-11-13-15-17-19-21-23-25-27-29-47(30-28-26-24-22-20-18-16-14-12-10-8-6-2)31-34-56-44(52)38-46-41(49)37-45-42(50)39-48(43(51)40-57-54-4)32-33-55-36-35-53-3/h5-40H2,1-4H3,(H,45,50)(H,46,49). The van der Waals surface area contributed by atoms with E-state index in [0.29, 0.717) is 19.8 Å². The molecule has 0 aromatic carbocycles. The average molecular weight is 815 g/mol. The number of ether oxygens (including phenoxy) is 3. The van der Waals surface area contributed by atoms with Gasteiger partial charge in [0.1, 0.15) is 13.2 Å². The summed E-state index contributed by atoms with van der Waals surface area (Å²) in [6.07, 6.45) is 31.7. The van der Waals surface area contributed by atoms with E-state index in [2.05, 4.69) is 34.3 Å². The highest BCUT2D eigenvalue weighted by Gasteiger charge is 2.18. The molecule has 0 saturated carbocycles. The molecule has 0 aliphatic carbocycles. The van der Waals surface area contributed by atoms with Crippen LogP contribution >= 0.6 is 0 Å². The van der Waals surface area contributed by atoms with Crippen molar-refractivity contribution in [3.63, 3.8) is 0 Å². The highest BCUT2D eigenvalue weighted by atomic mass is 17.2. The minimum absolute atomic E-state index is 0.136. The minimum atomic E-state index is -0.545. The summed E-state index contributed by atoms with van der Waals surface area (Å²) in [7, 11) is 2.84. The Balaban J connectivity index is 4.51. The Morgan fingerprint density at radius 2 is 0.965 bits per heavy atom. The quantitative estimate of drug-likeness (QED) is 0.0274. The first kappa shape index (κ1) is 54.7. The molecule has 0 bridgehead atoms. The first-order valence-electron chi connectivity index (χ1n) is 22.8. The van der Waals surface area contributed by atoms with E-state index in [9.17, 15) is 19.2 Å². The van der Waals surface area contributed by atoms with Crippen LogP contribution in [0.25, 0.3) is 0 Å². The Kier molecular flexibility index (Phi) is 41.5. The fraction of sp³-hybridized carbons (Fsp3) is 0.909. The van der Waals surface area contributed by atoms with Crippen molar-refractivity contribution in [2.45, 2.75) is 168 Å². The third kappa shape index (κ3) is 38.9. The van der Waals surface area contributed by atoms with E-state index in [4.69, 9.17) is 19.1 Å². The van der Waals surface area contributed by atoms with Gasteiger partial charge in [-0.2, -0.15) is 0 Å². The maximum absolute atomic E-state index is 12.5. The number of carbonyl (C=O) groups is 4. The third-order valence-corrected chi connectivity index (χ3v) is 10.1. The van der Waals surface area contributed by atoms with E-state index in [0.717, 1.165) is 25.9 Å². The Hall–Kier alpha value is -2.32. The van der Waals surface area contributed by atoms with Gasteiger partial charge in [0.2, 0.25) is 11.8 Å². The second-order valence-corrected chi connectivity index (χ2v) is 15.2. The van der Waals surface area contributed by atoms with Gasteiger partial charge in [-0.1, -0.05) is 155 Å². The van der Waals surface area contributed by atoms with E-state index in [-0.39, 0.29) is 46.0 Å². The molecule has 0 atom stereocenters. The Morgan fingerprint density at radius 3 is 1.44 bits per heavy atom. The highest BCUT2D eigenvalue weighted by molar-refractivity contribution is 5.89. The number of hydrogen-bond acceptors (Lipinski definition) is 10. The monoisotopic (exact) mass is 815 g/mol. The molecule has 0 aromatic rings. The minimum Gasteiger partial charge on any atom is -0.463 e. The first-order valence-corrected chi connectivity index (χ1v) is 22.8. The highest BCUT2D eigenvalue weighted by Crippen LogP contribution is 2.14. The second-order valence-electron chi connectivity index (χ2n) is 15.2. The maximum atomic E-state index is 12.5. The summed E-state index contributed by atoms with van der Waals surface area (Å²) < 4.78 is 15.8. The number of unbranched alkanes of at least 4 members (excludes halogenated alkanes) is 22. The van der Waals surface area contributed by atoms with Gasteiger partial charge in [-0.3, -0.25) is 24.1 Å². The zero-order valence-electron chi connectivity index (χ0n) is 37.0. The van der Waals surface area contributed by atoms with Crippen molar-refractivity contribution in [1.82, 2.24) is 20.4 Å². The van der Waals surface area contributed by atoms with Crippen LogP contribution < -0.4 is 10.6 Å². The lowest BCUT2D eigenvalue weighted by Gasteiger charge is -2.22. The van der Waals surface area contributed by atoms with E-state index < -0.39 is 23.7 Å². The molecule has 336 valence electrons. The predicted molar refractivity (Wildman–Crippen MR) is 228 cm³/mol. The summed E-state index contributed by atoms with van der Waals surface area (Å²) in [6, 6.07) is 0. The van der Waals surface area contributed by atoms with Gasteiger partial charge < -0.3 is 29.7 Å². The molecule has 0 rings (SSSR count). The molecule has 13 heteroatoms. The lowest BCUT2D eigenvalue weighted by Crippen LogP contribution is -2.46. The molecule has 0 fully saturated rings. The maximum Gasteiger partial charge on any atom is 0.325 e. The molecule has 3 amide bonds. The molecule has 0 aliphatic rings. The molecule has 13 nitrogen and oxygen atoms in total. The zero-order chi connectivity index (χ0) is 41.9. The van der Waals surface area contributed by atoms with E-state index in [1.165, 1.54) is 153 Å². The Labute approximate surface area is 347 Å². The van der Waals surface area contributed by atoms with Gasteiger partial charge in [-0.15, -0.1) is 0 Å². The first-order chi connectivity index (χ1) is 27.9. The number of carbonyl (C=O) groups excluding carboxylic acids is 4. The number of amides is 3. The van der Waals surface area contributed by atoms with Gasteiger partial charge in [-0.25, -0.2) is 9.78 Å². The van der Waals surface area contributed by atoms with Crippen LogP contribution in [0.5, 0.6) is 0 Å². The van der Waals surface area contributed by atoms with Crippen LogP contribution in [-0.2, 0) is 43.2 Å². The van der Waals surface area contributed by atoms with Gasteiger partial charge in [0.15, 0.2) is 6.61 Å². The Morgan fingerprint density at radius 1 is 0.491 bits per heavy atom. The molecule has 0 aliphatic heterocycles. The Bertz CT molecular complexity index is 915. The molecule has 0 saturated heterocycles. The van der Waals surface area contributed by atoms with Gasteiger partial charge >= 0.3 is 5.97 Å². The summed E-state index contributed by atoms with van der Waals surface area (Å²) in [4.78, 5) is 62.6. The number of nitrogens with zero attached hydrogens (tertiary/aromatic N) is 2. The number of nitrogens with one attached hydrogen (secondary N) is 2. The second kappa shape index (κ2) is 43.3. The fourth-order valence-electron chi connectivity index (χ4n) is 6.58. The molecule has 0 spiro atoms. The topological polar surface area (TPSA) is 145 Å². The molecule has 2 N–H and O–H groups in total. The molecule has 0 radical (unpaired) electrons. The normalized spacial score (nSPS) is 11.2. The van der Waals surface area contributed by atoms with Crippen molar-refractivity contribution in [3.05, 3.63) is 0 Å². The lowest BCUT2D eigenvalue weighted by atomic mass is 10.0. The van der Waals surface area contributed by atoms with Crippen LogP contribution in [0.3, 0.4) is 0 Å². The summed E-state index contributed by atoms with van der Waals surface area (Å²) in [5.74, 6) is -2.08. The van der Waals surface area contributed by atoms with Crippen LogP contribution in [0.15, 0.2) is 0 Å². The van der Waals surface area contributed by atoms with Crippen molar-refractivity contribution in [2.75, 3.05) is 93.1 Å². The van der Waals surface area contributed by atoms with E-state index in [1.54, 1.807) is 7.11 Å².